The molecule has 604 valence electrons. The summed E-state index contributed by atoms with van der Waals surface area (Å²) in [6, 6.07) is 10.9. The van der Waals surface area contributed by atoms with Gasteiger partial charge in [-0.25, -0.2) is 0 Å². The number of hydrogen-bond donors (Lipinski definition) is 12. The van der Waals surface area contributed by atoms with Crippen LogP contribution < -0.4 is 31.9 Å². The fraction of sp³-hybridized carbons (Fsp3) is 0.523. The fourth-order valence-electron chi connectivity index (χ4n) is 14.3. The lowest BCUT2D eigenvalue weighted by atomic mass is 9.99. The third-order valence-corrected chi connectivity index (χ3v) is 21.7. The minimum absolute atomic E-state index is 0.0454. The molecule has 0 saturated carbocycles. The highest BCUT2D eigenvalue weighted by molar-refractivity contribution is 6.10. The van der Waals surface area contributed by atoms with Crippen LogP contribution in [0.25, 0.3) is 0 Å². The molecule has 6 aliphatic carbocycles. The second-order valence-corrected chi connectivity index (χ2v) is 29.6. The van der Waals surface area contributed by atoms with Crippen LogP contribution in [0.1, 0.15) is 176 Å². The zero-order valence-corrected chi connectivity index (χ0v) is 66.5. The molecule has 0 unspecified atom stereocenters. The number of hydrogen-bond acceptors (Lipinski definition) is 24. The van der Waals surface area contributed by atoms with Crippen molar-refractivity contribution in [2.24, 2.45) is 35.9 Å². The van der Waals surface area contributed by atoms with E-state index in [4.69, 9.17) is 10.2 Å². The number of nitrogens with zero attached hydrogens (tertiary/aromatic N) is 6. The zero-order chi connectivity index (χ0) is 80.3. The summed E-state index contributed by atoms with van der Waals surface area (Å²) < 4.78 is 0. The van der Waals surface area contributed by atoms with E-state index in [9.17, 15) is 49.2 Å². The molecular weight excluding hydrogens is 1420 g/mol. The van der Waals surface area contributed by atoms with E-state index < -0.39 is 0 Å². The number of rotatable bonds is 35. The Kier molecular flexibility index (Phi) is 37.7. The zero-order valence-electron chi connectivity index (χ0n) is 66.5. The molecule has 6 heterocycles. The molecule has 12 aliphatic rings. The Morgan fingerprint density at radius 1 is 0.330 bits per heavy atom. The molecule has 12 N–H and O–H groups in total. The average Bonchev–Trinajstić information content (AvgIpc) is 1.71. The lowest BCUT2D eigenvalue weighted by Gasteiger charge is -2.23. The van der Waals surface area contributed by atoms with Gasteiger partial charge in [-0.15, -0.1) is 0 Å². The number of carbonyl (C=O) groups is 6. The van der Waals surface area contributed by atoms with Gasteiger partial charge < -0.3 is 62.5 Å². The minimum Gasteiger partial charge on any atom is -0.395 e. The van der Waals surface area contributed by atoms with Crippen LogP contribution >= 0.6 is 0 Å². The Morgan fingerprint density at radius 3 is 0.920 bits per heavy atom. The maximum Gasteiger partial charge on any atom is 0.166 e. The second-order valence-electron chi connectivity index (χ2n) is 29.6. The van der Waals surface area contributed by atoms with Crippen molar-refractivity contribution in [3.05, 3.63) is 173 Å². The van der Waals surface area contributed by atoms with Crippen LogP contribution in [0.4, 0.5) is 0 Å². The van der Waals surface area contributed by atoms with Gasteiger partial charge in [-0.3, -0.25) is 58.7 Å². The normalized spacial score (nSPS) is 20.1. The lowest BCUT2D eigenvalue weighted by molar-refractivity contribution is -0.115. The molecule has 0 amide bonds. The number of allylic oxidation sites excluding steroid dienone is 12. The molecular formula is C88H120N12O12. The number of benzene rings is 1. The number of ketones is 6. The first-order valence-corrected chi connectivity index (χ1v) is 40.4. The van der Waals surface area contributed by atoms with Crippen molar-refractivity contribution in [2.75, 3.05) is 78.9 Å². The van der Waals surface area contributed by atoms with E-state index in [0.717, 1.165) is 159 Å². The molecule has 112 heavy (non-hydrogen) atoms. The summed E-state index contributed by atoms with van der Waals surface area (Å²) in [6.07, 6.45) is 38.3. The summed E-state index contributed by atoms with van der Waals surface area (Å²) in [5, 5.41) is 75.4. The summed E-state index contributed by atoms with van der Waals surface area (Å²) in [4.78, 5) is 96.2. The summed E-state index contributed by atoms with van der Waals surface area (Å²) in [7, 11) is 0. The molecule has 6 aliphatic heterocycles. The third kappa shape index (κ3) is 25.8. The lowest BCUT2D eigenvalue weighted by Crippen LogP contribution is -2.39. The third-order valence-electron chi connectivity index (χ3n) is 21.7. The van der Waals surface area contributed by atoms with Gasteiger partial charge in [0.2, 0.25) is 0 Å². The number of unbranched alkanes of at least 4 members (excludes halogenated alkanes) is 1. The van der Waals surface area contributed by atoms with Crippen LogP contribution in [0, 0.1) is 5.92 Å². The molecule has 0 fully saturated rings. The van der Waals surface area contributed by atoms with E-state index >= 15 is 0 Å². The van der Waals surface area contributed by atoms with Gasteiger partial charge in [0, 0.05) is 185 Å². The molecule has 0 saturated heterocycles. The molecule has 0 aromatic heterocycles. The minimum atomic E-state index is 0.0454. The maximum atomic E-state index is 11.8. The van der Waals surface area contributed by atoms with Crippen LogP contribution in [0.5, 0.6) is 0 Å². The topological polar surface area (TPSA) is 370 Å². The number of Topliss-reactive ketones (excluding diaryl/α,β-unsaturated/α-hetero) is 6. The Hall–Kier alpha value is -8.34. The first kappa shape index (κ1) is 89.2. The van der Waals surface area contributed by atoms with Crippen LogP contribution in [0.3, 0.4) is 0 Å². The molecule has 24 nitrogen and oxygen atoms in total. The smallest absolute Gasteiger partial charge is 0.166 e. The van der Waals surface area contributed by atoms with Crippen molar-refractivity contribution in [1.82, 2.24) is 31.9 Å². The molecule has 24 heteroatoms. The SMILES string of the molecule is CCCC[C@H](CO)NCC1=CCC2=C1N=CCC2=O.CCC[C@H](CO)NCC1=CCC2=C1N=CCC2=O.CC[C@H](C)[C@H](CO)NCC1=CCC2=C1N=CCC2=O.CC[C@H](CO)NCC1=CCC2=C1N=CCC2=O.C[C@H](CO)NCC1=CCC2=C1N=CCC2=O.O=C1CC=NC2=C1CC=C2CN[C@@H](CO)CCc1ccccc1. The summed E-state index contributed by atoms with van der Waals surface area (Å²) in [5.41, 5.74) is 17.9. The van der Waals surface area contributed by atoms with E-state index in [0.29, 0.717) is 122 Å². The Bertz CT molecular complexity index is 4090. The Labute approximate surface area is 660 Å². The Morgan fingerprint density at radius 2 is 0.634 bits per heavy atom. The number of aliphatic hydroxyl groups excluding tert-OH is 6. The van der Waals surface area contributed by atoms with Crippen molar-refractivity contribution >= 4 is 72.0 Å². The standard InChI is InChI=1S/C19H22N2O2.2C15H22N2O2.C14H20N2O2.C13H18N2O2.C12H16N2O2/c22-13-16(8-6-14-4-2-1-3-5-14)21-12-15-7-9-17-18(23)10-11-20-19(15)17;1-3-10(2)13(9-18)17-8-11-4-5-12-14(19)6-7-16-15(11)12;1-2-3-4-12(10-18)17-9-11-5-6-13-14(19)7-8-16-15(11)13;1-2-3-11(9-17)16-8-10-4-5-12-13(18)6-7-15-14(10)12;1-2-10(8-16)15-7-9-3-4-11-12(17)5-6-14-13(9)11;1-8(7-15)14-6-9-2-3-10-11(16)4-5-13-12(9)10/h1-5,7,11,16,21-22H,6,8-10,12-13H2;4,7,10,13,17-18H,3,5-6,8-9H2,1-2H3;5,8,12,17-18H,2-4,6-7,9-10H2,1H3;4,7,11,16-17H,2-3,5-6,8-9H2,1H3;3,6,10,15-16H,2,4-5,7-8H2,1H3;2,5,8,14-15H,3-4,6-7H2,1H3/t16-;10-,13-;12-;11-;10-;8-/m101111/s1. The van der Waals surface area contributed by atoms with Gasteiger partial charge >= 0.3 is 0 Å². The highest BCUT2D eigenvalue weighted by Crippen LogP contribution is 2.36. The van der Waals surface area contributed by atoms with Crippen molar-refractivity contribution in [3.63, 3.8) is 0 Å². The van der Waals surface area contributed by atoms with Crippen LogP contribution in [0.2, 0.25) is 0 Å². The van der Waals surface area contributed by atoms with Gasteiger partial charge in [0.25, 0.3) is 0 Å². The highest BCUT2D eigenvalue weighted by Gasteiger charge is 2.31. The molecule has 0 radical (unpaired) electrons. The number of aliphatic hydroxyl groups is 6. The average molecular weight is 1540 g/mol. The van der Waals surface area contributed by atoms with E-state index in [2.05, 4.69) is 132 Å². The van der Waals surface area contributed by atoms with Gasteiger partial charge in [-0.05, 0) is 122 Å². The van der Waals surface area contributed by atoms with E-state index in [-0.39, 0.29) is 111 Å². The summed E-state index contributed by atoms with van der Waals surface area (Å²) in [6.45, 7) is 17.2. The Balaban J connectivity index is 0.000000169. The van der Waals surface area contributed by atoms with Crippen molar-refractivity contribution in [1.29, 1.82) is 0 Å². The van der Waals surface area contributed by atoms with Crippen molar-refractivity contribution in [2.45, 2.75) is 213 Å². The summed E-state index contributed by atoms with van der Waals surface area (Å²) >= 11 is 0. The molecule has 0 spiro atoms. The van der Waals surface area contributed by atoms with Crippen LogP contribution in [-0.2, 0) is 35.2 Å². The van der Waals surface area contributed by atoms with E-state index in [1.807, 2.05) is 38.1 Å². The first-order valence-electron chi connectivity index (χ1n) is 40.4. The number of nitrogens with one attached hydrogen (secondary N) is 6. The molecule has 1 aromatic rings. The summed E-state index contributed by atoms with van der Waals surface area (Å²) in [5.74, 6) is 1.57. The number of aliphatic imine (C=N–C) groups is 6. The maximum absolute atomic E-state index is 11.8. The monoisotopic (exact) mass is 1540 g/mol. The molecule has 7 atom stereocenters. The van der Waals surface area contributed by atoms with E-state index in [1.165, 1.54) is 5.56 Å². The van der Waals surface area contributed by atoms with Gasteiger partial charge in [0.05, 0.1) is 73.8 Å². The van der Waals surface area contributed by atoms with Gasteiger partial charge in [-0.1, -0.05) is 127 Å². The largest absolute Gasteiger partial charge is 0.395 e. The molecule has 1 aromatic carbocycles. The van der Waals surface area contributed by atoms with Gasteiger partial charge in [0.1, 0.15) is 0 Å². The number of carbonyl (C=O) groups excluding carboxylic acids is 6. The van der Waals surface area contributed by atoms with E-state index in [1.54, 1.807) is 37.3 Å². The molecule has 0 bridgehead atoms. The fourth-order valence-corrected chi connectivity index (χ4v) is 14.3. The predicted molar refractivity (Wildman–Crippen MR) is 445 cm³/mol. The van der Waals surface area contributed by atoms with Crippen molar-refractivity contribution < 1.29 is 59.4 Å². The van der Waals surface area contributed by atoms with Crippen molar-refractivity contribution in [3.8, 4) is 0 Å². The highest BCUT2D eigenvalue weighted by atomic mass is 16.3. The molecule has 13 rings (SSSR count). The van der Waals surface area contributed by atoms with Gasteiger partial charge in [-0.2, -0.15) is 0 Å². The predicted octanol–water partition coefficient (Wildman–Crippen LogP) is 8.49. The van der Waals surface area contributed by atoms with Gasteiger partial charge in [0.15, 0.2) is 34.7 Å². The first-order chi connectivity index (χ1) is 54.4. The second kappa shape index (κ2) is 47.4. The van der Waals surface area contributed by atoms with Crippen LogP contribution in [-0.4, -0.2) is 218 Å². The van der Waals surface area contributed by atoms with Crippen LogP contribution in [0.15, 0.2) is 198 Å². The number of aryl methyl sites for hydroxylation is 1. The quantitative estimate of drug-likeness (QED) is 0.0303.